The number of amides is 1. The van der Waals surface area contributed by atoms with Gasteiger partial charge in [-0.2, -0.15) is 10.4 Å². The second-order valence-electron chi connectivity index (χ2n) is 7.76. The van der Waals surface area contributed by atoms with Crippen LogP contribution in [0.25, 0.3) is 5.69 Å². The molecule has 1 aliphatic rings. The van der Waals surface area contributed by atoms with Crippen molar-refractivity contribution in [1.29, 1.82) is 5.26 Å². The molecule has 1 aromatic carbocycles. The van der Waals surface area contributed by atoms with Gasteiger partial charge in [0.15, 0.2) is 0 Å². The summed E-state index contributed by atoms with van der Waals surface area (Å²) in [6, 6.07) is 9.64. The molecule has 0 bridgehead atoms. The quantitative estimate of drug-likeness (QED) is 0.577. The van der Waals surface area contributed by atoms with Gasteiger partial charge in [-0.05, 0) is 61.4 Å². The summed E-state index contributed by atoms with van der Waals surface area (Å²) in [5, 5.41) is 25.2. The number of carbonyl (C=O) groups is 1. The average molecular weight is 436 g/mol. The van der Waals surface area contributed by atoms with Crippen molar-refractivity contribution in [3.05, 3.63) is 48.0 Å². The van der Waals surface area contributed by atoms with Crippen LogP contribution >= 0.6 is 0 Å². The molecule has 1 fully saturated rings. The second-order valence-corrected chi connectivity index (χ2v) is 7.76. The molecule has 0 radical (unpaired) electrons. The number of nitrogens with zero attached hydrogens (tertiary/aromatic N) is 8. The third-order valence-electron chi connectivity index (χ3n) is 5.23. The summed E-state index contributed by atoms with van der Waals surface area (Å²) in [5.74, 6) is 0.662. The predicted octanol–water partition coefficient (Wildman–Crippen LogP) is 2.49. The van der Waals surface area contributed by atoms with E-state index in [-0.39, 0.29) is 24.8 Å². The molecule has 0 N–H and O–H groups in total. The summed E-state index contributed by atoms with van der Waals surface area (Å²) < 4.78 is 14.4. The number of rotatable bonds is 6. The lowest BCUT2D eigenvalue weighted by atomic mass is 10.1. The van der Waals surface area contributed by atoms with E-state index in [0.717, 1.165) is 11.3 Å². The van der Waals surface area contributed by atoms with Gasteiger partial charge in [-0.3, -0.25) is 4.68 Å². The summed E-state index contributed by atoms with van der Waals surface area (Å²) in [6.07, 6.45) is 4.17. The number of piperidine rings is 1. The zero-order valence-electron chi connectivity index (χ0n) is 18.0. The molecule has 166 valence electrons. The molecule has 3 aromatic rings. The van der Waals surface area contributed by atoms with Crippen molar-refractivity contribution in [1.82, 2.24) is 34.9 Å². The first-order valence-corrected chi connectivity index (χ1v) is 10.4. The third kappa shape index (κ3) is 4.69. The molecule has 1 amide bonds. The first-order valence-electron chi connectivity index (χ1n) is 10.4. The maximum atomic E-state index is 12.1. The first kappa shape index (κ1) is 21.3. The Kier molecular flexibility index (Phi) is 6.30. The number of carbonyl (C=O) groups excluding carboxylic acids is 1. The SMILES string of the molecule is CC(C)OC(=O)N1CCC(n2ncc(COc3ccc(-n4cnnn4)cc3)c2C#N)CC1. The van der Waals surface area contributed by atoms with Crippen molar-refractivity contribution in [2.45, 2.75) is 45.4 Å². The molecule has 0 atom stereocenters. The van der Waals surface area contributed by atoms with Gasteiger partial charge < -0.3 is 14.4 Å². The van der Waals surface area contributed by atoms with Crippen molar-refractivity contribution >= 4 is 6.09 Å². The number of tetrazole rings is 1. The Bertz CT molecular complexity index is 1080. The van der Waals surface area contributed by atoms with E-state index < -0.39 is 0 Å². The summed E-state index contributed by atoms with van der Waals surface area (Å²) >= 11 is 0. The maximum Gasteiger partial charge on any atom is 0.410 e. The lowest BCUT2D eigenvalue weighted by Gasteiger charge is -2.32. The van der Waals surface area contributed by atoms with E-state index in [2.05, 4.69) is 26.7 Å². The Hall–Kier alpha value is -3.94. The van der Waals surface area contributed by atoms with Crippen LogP contribution in [0, 0.1) is 11.3 Å². The number of aromatic nitrogens is 6. The van der Waals surface area contributed by atoms with E-state index in [1.54, 1.807) is 20.5 Å². The van der Waals surface area contributed by atoms with Crippen LogP contribution in [0.5, 0.6) is 5.75 Å². The third-order valence-corrected chi connectivity index (χ3v) is 5.23. The van der Waals surface area contributed by atoms with E-state index in [1.807, 2.05) is 38.1 Å². The minimum absolute atomic E-state index is 0.0528. The smallest absolute Gasteiger partial charge is 0.410 e. The van der Waals surface area contributed by atoms with Crippen LogP contribution in [0.2, 0.25) is 0 Å². The second kappa shape index (κ2) is 9.47. The van der Waals surface area contributed by atoms with Crippen LogP contribution in [-0.2, 0) is 11.3 Å². The van der Waals surface area contributed by atoms with Gasteiger partial charge in [-0.1, -0.05) is 0 Å². The monoisotopic (exact) mass is 436 g/mol. The molecule has 1 saturated heterocycles. The molecule has 32 heavy (non-hydrogen) atoms. The lowest BCUT2D eigenvalue weighted by molar-refractivity contribution is 0.0652. The molecular weight excluding hydrogens is 412 g/mol. The van der Waals surface area contributed by atoms with Crippen LogP contribution in [0.4, 0.5) is 4.79 Å². The lowest BCUT2D eigenvalue weighted by Crippen LogP contribution is -2.40. The summed E-state index contributed by atoms with van der Waals surface area (Å²) in [7, 11) is 0. The molecule has 3 heterocycles. The van der Waals surface area contributed by atoms with Crippen molar-refractivity contribution < 1.29 is 14.3 Å². The minimum atomic E-state index is -0.292. The van der Waals surface area contributed by atoms with Gasteiger partial charge in [0.25, 0.3) is 0 Å². The molecule has 0 saturated carbocycles. The minimum Gasteiger partial charge on any atom is -0.489 e. The van der Waals surface area contributed by atoms with Gasteiger partial charge in [0.1, 0.15) is 30.4 Å². The van der Waals surface area contributed by atoms with E-state index in [0.29, 0.717) is 37.4 Å². The van der Waals surface area contributed by atoms with Gasteiger partial charge in [-0.15, -0.1) is 5.10 Å². The van der Waals surface area contributed by atoms with Crippen LogP contribution in [0.15, 0.2) is 36.8 Å². The molecule has 0 unspecified atom stereocenters. The zero-order valence-corrected chi connectivity index (χ0v) is 18.0. The molecule has 4 rings (SSSR count). The van der Waals surface area contributed by atoms with Crippen LogP contribution in [-0.4, -0.2) is 60.2 Å². The highest BCUT2D eigenvalue weighted by atomic mass is 16.6. The fourth-order valence-corrected chi connectivity index (χ4v) is 3.61. The van der Waals surface area contributed by atoms with Gasteiger partial charge in [0.05, 0.1) is 24.0 Å². The Morgan fingerprint density at radius 1 is 1.25 bits per heavy atom. The number of ether oxygens (including phenoxy) is 2. The fraction of sp³-hybridized carbons (Fsp3) is 0.429. The highest BCUT2D eigenvalue weighted by Gasteiger charge is 2.27. The van der Waals surface area contributed by atoms with Crippen molar-refractivity contribution in [2.24, 2.45) is 0 Å². The Morgan fingerprint density at radius 3 is 2.62 bits per heavy atom. The molecular formula is C21H24N8O3. The Labute approximate surface area is 185 Å². The van der Waals surface area contributed by atoms with Crippen LogP contribution < -0.4 is 4.74 Å². The largest absolute Gasteiger partial charge is 0.489 e. The number of benzene rings is 1. The summed E-state index contributed by atoms with van der Waals surface area (Å²) in [6.45, 7) is 5.04. The molecule has 11 nitrogen and oxygen atoms in total. The summed E-state index contributed by atoms with van der Waals surface area (Å²) in [5.41, 5.74) is 2.02. The molecule has 0 aliphatic carbocycles. The Balaban J connectivity index is 1.36. The average Bonchev–Trinajstić information content (AvgIpc) is 3.48. The summed E-state index contributed by atoms with van der Waals surface area (Å²) in [4.78, 5) is 13.8. The number of hydrogen-bond donors (Lipinski definition) is 0. The van der Waals surface area contributed by atoms with Crippen LogP contribution in [0.3, 0.4) is 0 Å². The number of nitriles is 1. The van der Waals surface area contributed by atoms with Crippen molar-refractivity contribution in [3.63, 3.8) is 0 Å². The number of likely N-dealkylation sites (tertiary alicyclic amines) is 1. The fourth-order valence-electron chi connectivity index (χ4n) is 3.61. The predicted molar refractivity (Wildman–Crippen MR) is 112 cm³/mol. The zero-order chi connectivity index (χ0) is 22.5. The highest BCUT2D eigenvalue weighted by molar-refractivity contribution is 5.67. The van der Waals surface area contributed by atoms with Gasteiger partial charge in [-0.25, -0.2) is 9.48 Å². The van der Waals surface area contributed by atoms with Gasteiger partial charge in [0, 0.05) is 18.7 Å². The topological polar surface area (TPSA) is 124 Å². The maximum absolute atomic E-state index is 12.1. The van der Waals surface area contributed by atoms with Crippen LogP contribution in [0.1, 0.15) is 44.0 Å². The standard InChI is InChI=1S/C21H24N8O3/c1-15(2)32-21(30)27-9-7-18(8-10-27)29-20(11-22)16(12-24-29)13-31-19-5-3-17(4-6-19)28-14-23-25-26-28/h3-6,12,14-15,18H,7-10,13H2,1-2H3. The highest BCUT2D eigenvalue weighted by Crippen LogP contribution is 2.26. The van der Waals surface area contributed by atoms with E-state index in [4.69, 9.17) is 9.47 Å². The van der Waals surface area contributed by atoms with Crippen molar-refractivity contribution in [3.8, 4) is 17.5 Å². The van der Waals surface area contributed by atoms with E-state index in [9.17, 15) is 10.1 Å². The van der Waals surface area contributed by atoms with E-state index in [1.165, 1.54) is 6.33 Å². The molecule has 1 aliphatic heterocycles. The Morgan fingerprint density at radius 2 is 2.00 bits per heavy atom. The van der Waals surface area contributed by atoms with Crippen molar-refractivity contribution in [2.75, 3.05) is 13.1 Å². The van der Waals surface area contributed by atoms with Gasteiger partial charge in [0.2, 0.25) is 0 Å². The van der Waals surface area contributed by atoms with E-state index >= 15 is 0 Å². The number of hydrogen-bond acceptors (Lipinski definition) is 8. The molecule has 2 aromatic heterocycles. The molecule has 0 spiro atoms. The first-order chi connectivity index (χ1) is 15.5. The normalized spacial score (nSPS) is 14.4. The molecule has 11 heteroatoms. The van der Waals surface area contributed by atoms with Gasteiger partial charge >= 0.3 is 6.09 Å².